The molecule has 0 fully saturated rings. The molecule has 1 atom stereocenters. The summed E-state index contributed by atoms with van der Waals surface area (Å²) >= 11 is 5.94. The molecule has 2 aliphatic rings. The first-order chi connectivity index (χ1) is 12.8. The van der Waals surface area contributed by atoms with Crippen molar-refractivity contribution in [1.29, 1.82) is 0 Å². The summed E-state index contributed by atoms with van der Waals surface area (Å²) < 4.78 is 0. The first-order valence-electron chi connectivity index (χ1n) is 9.02. The molecule has 0 spiro atoms. The van der Waals surface area contributed by atoms with Gasteiger partial charge in [0.2, 0.25) is 0 Å². The number of halogens is 1. The van der Waals surface area contributed by atoms with E-state index in [2.05, 4.69) is 54.7 Å². The van der Waals surface area contributed by atoms with Gasteiger partial charge < -0.3 is 5.32 Å². The second-order valence-corrected chi connectivity index (χ2v) is 8.36. The highest BCUT2D eigenvalue weighted by atomic mass is 35.5. The number of hydrazine groups is 1. The van der Waals surface area contributed by atoms with Crippen LogP contribution in [0.5, 0.6) is 0 Å². The van der Waals surface area contributed by atoms with E-state index >= 15 is 0 Å². The highest BCUT2D eigenvalue weighted by molar-refractivity contribution is 6.30. The number of carbonyl (C=O) groups excluding carboxylic acids is 1. The van der Waals surface area contributed by atoms with E-state index in [-0.39, 0.29) is 17.6 Å². The van der Waals surface area contributed by atoms with E-state index in [1.165, 1.54) is 0 Å². The summed E-state index contributed by atoms with van der Waals surface area (Å²) in [6.07, 6.45) is 1.96. The van der Waals surface area contributed by atoms with Crippen molar-refractivity contribution in [2.45, 2.75) is 33.5 Å². The lowest BCUT2D eigenvalue weighted by Crippen LogP contribution is -2.55. The molecule has 140 valence electrons. The fraction of sp³-hybridized carbons (Fsp3) is 0.286. The van der Waals surface area contributed by atoms with E-state index in [1.54, 1.807) is 24.3 Å². The Morgan fingerprint density at radius 1 is 1.15 bits per heavy atom. The van der Waals surface area contributed by atoms with E-state index in [1.807, 2.05) is 17.0 Å². The Bertz CT molecular complexity index is 901. The summed E-state index contributed by atoms with van der Waals surface area (Å²) in [6.45, 7) is 7.03. The lowest BCUT2D eigenvalue weighted by atomic mass is 9.92. The Morgan fingerprint density at radius 3 is 2.56 bits per heavy atom. The number of para-hydroxylation sites is 1. The van der Waals surface area contributed by atoms with Crippen molar-refractivity contribution in [3.8, 4) is 0 Å². The predicted octanol–water partition coefficient (Wildman–Crippen LogP) is 4.97. The Balaban J connectivity index is 1.66. The fourth-order valence-electron chi connectivity index (χ4n) is 3.38. The van der Waals surface area contributed by atoms with Crippen molar-refractivity contribution in [2.75, 3.05) is 10.3 Å². The summed E-state index contributed by atoms with van der Waals surface area (Å²) in [5.74, 6) is 0. The standard InChI is InChI=1S/C21H23ClN4O/c1-21(2,3)18-12-19-25(20(27)23-16-10-8-15(22)9-11-16)13-14-6-4-5-7-17(14)26(19)24-18/h4-12,19,24H,13H2,1-3H3,(H,23,27). The molecule has 5 nitrogen and oxygen atoms in total. The largest absolute Gasteiger partial charge is 0.324 e. The van der Waals surface area contributed by atoms with Crippen molar-refractivity contribution >= 4 is 29.0 Å². The molecule has 27 heavy (non-hydrogen) atoms. The predicted molar refractivity (Wildman–Crippen MR) is 109 cm³/mol. The van der Waals surface area contributed by atoms with Crippen LogP contribution < -0.4 is 15.8 Å². The van der Waals surface area contributed by atoms with Crippen molar-refractivity contribution in [3.05, 3.63) is 70.9 Å². The Kier molecular flexibility index (Phi) is 4.27. The van der Waals surface area contributed by atoms with Crippen LogP contribution in [0, 0.1) is 5.41 Å². The lowest BCUT2D eigenvalue weighted by molar-refractivity contribution is 0.190. The molecule has 2 aromatic rings. The second kappa shape index (κ2) is 6.50. The van der Waals surface area contributed by atoms with Gasteiger partial charge in [0, 0.05) is 21.8 Å². The van der Waals surface area contributed by atoms with Crippen LogP contribution in [0.25, 0.3) is 0 Å². The summed E-state index contributed by atoms with van der Waals surface area (Å²) in [7, 11) is 0. The summed E-state index contributed by atoms with van der Waals surface area (Å²) in [5, 5.41) is 5.69. The average Bonchev–Trinajstić information content (AvgIpc) is 3.09. The van der Waals surface area contributed by atoms with Crippen LogP contribution in [0.3, 0.4) is 0 Å². The first-order valence-corrected chi connectivity index (χ1v) is 9.40. The summed E-state index contributed by atoms with van der Waals surface area (Å²) in [6, 6.07) is 15.2. The molecule has 4 rings (SSSR count). The number of rotatable bonds is 1. The van der Waals surface area contributed by atoms with Gasteiger partial charge in [-0.2, -0.15) is 0 Å². The highest BCUT2D eigenvalue weighted by Gasteiger charge is 2.40. The molecule has 1 unspecified atom stereocenters. The van der Waals surface area contributed by atoms with Crippen LogP contribution in [-0.2, 0) is 6.54 Å². The minimum absolute atomic E-state index is 0.0371. The highest BCUT2D eigenvalue weighted by Crippen LogP contribution is 2.37. The maximum atomic E-state index is 13.1. The number of carbonyl (C=O) groups is 1. The number of urea groups is 1. The average molecular weight is 383 g/mol. The van der Waals surface area contributed by atoms with Crippen LogP contribution in [0.2, 0.25) is 5.02 Å². The zero-order valence-corrected chi connectivity index (χ0v) is 16.4. The quantitative estimate of drug-likeness (QED) is 0.732. The van der Waals surface area contributed by atoms with Gasteiger partial charge in [-0.05, 0) is 42.0 Å². The van der Waals surface area contributed by atoms with Crippen molar-refractivity contribution < 1.29 is 4.79 Å². The number of nitrogens with zero attached hydrogens (tertiary/aromatic N) is 2. The molecule has 0 aliphatic carbocycles. The number of amides is 2. The molecule has 0 radical (unpaired) electrons. The van der Waals surface area contributed by atoms with Gasteiger partial charge in [0.15, 0.2) is 0 Å². The van der Waals surface area contributed by atoms with E-state index < -0.39 is 0 Å². The molecule has 2 aromatic carbocycles. The Labute approximate surface area is 164 Å². The molecule has 2 aliphatic heterocycles. The van der Waals surface area contributed by atoms with Gasteiger partial charge in [0.05, 0.1) is 12.2 Å². The van der Waals surface area contributed by atoms with Gasteiger partial charge in [-0.3, -0.25) is 15.3 Å². The monoisotopic (exact) mass is 382 g/mol. The van der Waals surface area contributed by atoms with Crippen molar-refractivity contribution in [3.63, 3.8) is 0 Å². The van der Waals surface area contributed by atoms with Gasteiger partial charge in [-0.15, -0.1) is 0 Å². The van der Waals surface area contributed by atoms with E-state index in [0.717, 1.165) is 22.6 Å². The third-order valence-electron chi connectivity index (χ3n) is 4.90. The smallest absolute Gasteiger partial charge is 0.308 e. The third-order valence-corrected chi connectivity index (χ3v) is 5.15. The normalized spacial score (nSPS) is 18.4. The molecule has 0 bridgehead atoms. The summed E-state index contributed by atoms with van der Waals surface area (Å²) in [4.78, 5) is 14.9. The number of hydrogen-bond donors (Lipinski definition) is 2. The zero-order valence-electron chi connectivity index (χ0n) is 15.7. The third kappa shape index (κ3) is 3.35. The fourth-order valence-corrected chi connectivity index (χ4v) is 3.51. The van der Waals surface area contributed by atoms with Crippen molar-refractivity contribution in [2.24, 2.45) is 5.41 Å². The van der Waals surface area contributed by atoms with Gasteiger partial charge in [0.1, 0.15) is 6.17 Å². The maximum Gasteiger partial charge on any atom is 0.324 e. The number of fused-ring (bicyclic) bond motifs is 3. The van der Waals surface area contributed by atoms with E-state index in [4.69, 9.17) is 11.6 Å². The molecule has 0 saturated carbocycles. The van der Waals surface area contributed by atoms with Crippen molar-refractivity contribution in [1.82, 2.24) is 10.3 Å². The zero-order chi connectivity index (χ0) is 19.2. The van der Waals surface area contributed by atoms with Gasteiger partial charge in [-0.25, -0.2) is 4.79 Å². The van der Waals surface area contributed by atoms with Gasteiger partial charge in [0.25, 0.3) is 0 Å². The Morgan fingerprint density at radius 2 is 1.85 bits per heavy atom. The SMILES string of the molecule is CC(C)(C)C1=CC2N(C(=O)Nc3ccc(Cl)cc3)Cc3ccccc3N2N1. The van der Waals surface area contributed by atoms with Crippen LogP contribution in [0.1, 0.15) is 26.3 Å². The Hall–Kier alpha value is -2.66. The molecule has 2 amide bonds. The number of anilines is 2. The van der Waals surface area contributed by atoms with Crippen LogP contribution in [-0.4, -0.2) is 17.1 Å². The van der Waals surface area contributed by atoms with E-state index in [9.17, 15) is 4.79 Å². The molecule has 2 N–H and O–H groups in total. The summed E-state index contributed by atoms with van der Waals surface area (Å²) in [5.41, 5.74) is 7.50. The molecule has 2 heterocycles. The van der Waals surface area contributed by atoms with Crippen LogP contribution in [0.4, 0.5) is 16.2 Å². The van der Waals surface area contributed by atoms with Gasteiger partial charge in [-0.1, -0.05) is 50.6 Å². The molecular formula is C21H23ClN4O. The van der Waals surface area contributed by atoms with Gasteiger partial charge >= 0.3 is 6.03 Å². The van der Waals surface area contributed by atoms with Crippen LogP contribution >= 0.6 is 11.6 Å². The number of hydrogen-bond acceptors (Lipinski definition) is 3. The lowest BCUT2D eigenvalue weighted by Gasteiger charge is -2.41. The minimum atomic E-state index is -0.179. The molecule has 0 aromatic heterocycles. The first kappa shape index (κ1) is 17.7. The van der Waals surface area contributed by atoms with E-state index in [0.29, 0.717) is 11.6 Å². The minimum Gasteiger partial charge on any atom is -0.308 e. The van der Waals surface area contributed by atoms with Crippen LogP contribution in [0.15, 0.2) is 60.3 Å². The number of benzene rings is 2. The number of nitrogens with one attached hydrogen (secondary N) is 2. The molecular weight excluding hydrogens is 360 g/mol. The molecule has 6 heteroatoms. The topological polar surface area (TPSA) is 47.6 Å². The molecule has 0 saturated heterocycles. The maximum absolute atomic E-state index is 13.1. The second-order valence-electron chi connectivity index (χ2n) is 7.92. The number of allylic oxidation sites excluding steroid dienone is 1.